The summed E-state index contributed by atoms with van der Waals surface area (Å²) in [7, 11) is 0. The van der Waals surface area contributed by atoms with Gasteiger partial charge in [-0.2, -0.15) is 11.8 Å². The first-order valence-electron chi connectivity index (χ1n) is 8.16. The van der Waals surface area contributed by atoms with Crippen molar-refractivity contribution in [2.24, 2.45) is 4.99 Å². The summed E-state index contributed by atoms with van der Waals surface area (Å²) in [4.78, 5) is 7.19. The highest BCUT2D eigenvalue weighted by Crippen LogP contribution is 2.25. The van der Waals surface area contributed by atoms with Gasteiger partial charge >= 0.3 is 0 Å². The molecule has 0 aliphatic carbocycles. The van der Waals surface area contributed by atoms with Gasteiger partial charge in [-0.1, -0.05) is 13.8 Å². The third-order valence-electron chi connectivity index (χ3n) is 3.53. The van der Waals surface area contributed by atoms with E-state index < -0.39 is 0 Å². The smallest absolute Gasteiger partial charge is 0.191 e. The molecule has 2 N–H and O–H groups in total. The molecule has 0 aromatic rings. The molecule has 1 saturated heterocycles. The number of hydrogen-bond donors (Lipinski definition) is 2. The summed E-state index contributed by atoms with van der Waals surface area (Å²) >= 11 is 2.07. The Morgan fingerprint density at radius 2 is 2.10 bits per heavy atom. The third kappa shape index (κ3) is 7.39. The molecule has 5 heteroatoms. The zero-order valence-electron chi connectivity index (χ0n) is 13.5. The summed E-state index contributed by atoms with van der Waals surface area (Å²) in [6.07, 6.45) is 3.91. The summed E-state index contributed by atoms with van der Waals surface area (Å²) in [6, 6.07) is 0. The van der Waals surface area contributed by atoms with Crippen molar-refractivity contribution in [2.45, 2.75) is 45.3 Å². The average molecular weight is 301 g/mol. The van der Waals surface area contributed by atoms with E-state index in [1.807, 2.05) is 0 Å². The van der Waals surface area contributed by atoms with Crippen LogP contribution < -0.4 is 10.6 Å². The van der Waals surface area contributed by atoms with Crippen molar-refractivity contribution >= 4 is 17.7 Å². The zero-order valence-corrected chi connectivity index (χ0v) is 14.3. The standard InChI is InChI=1S/C15H32N4S/c1-4-10-19(6-3)11-9-17-15(16-5-2)18-13-14-8-7-12-20-14/h14H,4-13H2,1-3H3,(H2,16,17,18). The Labute approximate surface area is 129 Å². The van der Waals surface area contributed by atoms with Gasteiger partial charge in [0.05, 0.1) is 6.54 Å². The first-order valence-corrected chi connectivity index (χ1v) is 9.21. The molecule has 1 aliphatic heterocycles. The molecule has 0 aromatic heterocycles. The Hall–Kier alpha value is -0.420. The van der Waals surface area contributed by atoms with Crippen LogP contribution in [-0.2, 0) is 0 Å². The van der Waals surface area contributed by atoms with E-state index in [4.69, 9.17) is 4.99 Å². The van der Waals surface area contributed by atoms with Gasteiger partial charge in [0.2, 0.25) is 0 Å². The van der Waals surface area contributed by atoms with Crippen molar-refractivity contribution in [3.05, 3.63) is 0 Å². The highest BCUT2D eigenvalue weighted by atomic mass is 32.2. The van der Waals surface area contributed by atoms with Crippen LogP contribution in [0.5, 0.6) is 0 Å². The van der Waals surface area contributed by atoms with Crippen molar-refractivity contribution in [3.8, 4) is 0 Å². The molecule has 1 aliphatic rings. The van der Waals surface area contributed by atoms with Gasteiger partial charge in [-0.15, -0.1) is 0 Å². The molecular formula is C15H32N4S. The minimum absolute atomic E-state index is 0.734. The molecule has 1 unspecified atom stereocenters. The monoisotopic (exact) mass is 300 g/mol. The first-order chi connectivity index (χ1) is 9.80. The fourth-order valence-electron chi connectivity index (χ4n) is 2.40. The minimum atomic E-state index is 0.734. The highest BCUT2D eigenvalue weighted by Gasteiger charge is 2.14. The lowest BCUT2D eigenvalue weighted by Crippen LogP contribution is -2.42. The quantitative estimate of drug-likeness (QED) is 0.506. The molecule has 118 valence electrons. The Bertz CT molecular complexity index is 265. The maximum Gasteiger partial charge on any atom is 0.191 e. The number of rotatable bonds is 9. The third-order valence-corrected chi connectivity index (χ3v) is 4.91. The number of guanidine groups is 1. The number of nitrogens with zero attached hydrogens (tertiary/aromatic N) is 2. The molecule has 0 radical (unpaired) electrons. The Balaban J connectivity index is 2.27. The highest BCUT2D eigenvalue weighted by molar-refractivity contribution is 8.00. The topological polar surface area (TPSA) is 39.7 Å². The SMILES string of the molecule is CCCN(CC)CCNC(=NCC1CCCS1)NCC. The molecule has 0 amide bonds. The van der Waals surface area contributed by atoms with Gasteiger partial charge in [0.25, 0.3) is 0 Å². The normalized spacial score (nSPS) is 19.6. The van der Waals surface area contributed by atoms with Crippen molar-refractivity contribution in [1.29, 1.82) is 0 Å². The largest absolute Gasteiger partial charge is 0.357 e. The van der Waals surface area contributed by atoms with Crippen LogP contribution in [0.25, 0.3) is 0 Å². The summed E-state index contributed by atoms with van der Waals surface area (Å²) in [5.74, 6) is 2.29. The van der Waals surface area contributed by atoms with Gasteiger partial charge < -0.3 is 15.5 Å². The predicted molar refractivity (Wildman–Crippen MR) is 91.9 cm³/mol. The fraction of sp³-hybridized carbons (Fsp3) is 0.933. The van der Waals surface area contributed by atoms with Gasteiger partial charge in [-0.05, 0) is 45.0 Å². The second kappa shape index (κ2) is 11.3. The van der Waals surface area contributed by atoms with Crippen molar-refractivity contribution < 1.29 is 0 Å². The number of likely N-dealkylation sites (N-methyl/N-ethyl adjacent to an activating group) is 1. The first kappa shape index (κ1) is 17.6. The second-order valence-corrected chi connectivity index (χ2v) is 6.62. The van der Waals surface area contributed by atoms with Crippen LogP contribution in [0.2, 0.25) is 0 Å². The number of nitrogens with one attached hydrogen (secondary N) is 2. The number of aliphatic imine (C=N–C) groups is 1. The van der Waals surface area contributed by atoms with Crippen LogP contribution in [0.1, 0.15) is 40.0 Å². The van der Waals surface area contributed by atoms with Crippen molar-refractivity contribution in [1.82, 2.24) is 15.5 Å². The lowest BCUT2D eigenvalue weighted by Gasteiger charge is -2.20. The lowest BCUT2D eigenvalue weighted by atomic mass is 10.2. The van der Waals surface area contributed by atoms with E-state index in [9.17, 15) is 0 Å². The van der Waals surface area contributed by atoms with Crippen LogP contribution in [0.4, 0.5) is 0 Å². The van der Waals surface area contributed by atoms with Crippen molar-refractivity contribution in [2.75, 3.05) is 45.0 Å². The summed E-state index contributed by atoms with van der Waals surface area (Å²) in [5.41, 5.74) is 0. The van der Waals surface area contributed by atoms with E-state index in [1.165, 1.54) is 31.6 Å². The van der Waals surface area contributed by atoms with Gasteiger partial charge in [-0.25, -0.2) is 0 Å². The number of thioether (sulfide) groups is 1. The maximum absolute atomic E-state index is 4.72. The molecule has 0 bridgehead atoms. The average Bonchev–Trinajstić information content (AvgIpc) is 2.97. The molecule has 1 rings (SSSR count). The van der Waals surface area contributed by atoms with Crippen LogP contribution >= 0.6 is 11.8 Å². The predicted octanol–water partition coefficient (Wildman–Crippen LogP) is 2.17. The lowest BCUT2D eigenvalue weighted by molar-refractivity contribution is 0.293. The molecule has 20 heavy (non-hydrogen) atoms. The second-order valence-electron chi connectivity index (χ2n) is 5.22. The molecule has 0 aromatic carbocycles. The van der Waals surface area contributed by atoms with Crippen LogP contribution in [0.15, 0.2) is 4.99 Å². The van der Waals surface area contributed by atoms with Gasteiger partial charge in [-0.3, -0.25) is 4.99 Å². The number of hydrogen-bond acceptors (Lipinski definition) is 3. The van der Waals surface area contributed by atoms with E-state index >= 15 is 0 Å². The van der Waals surface area contributed by atoms with E-state index in [1.54, 1.807) is 0 Å². The molecule has 1 atom stereocenters. The van der Waals surface area contributed by atoms with Crippen LogP contribution in [0.3, 0.4) is 0 Å². The molecule has 0 spiro atoms. The maximum atomic E-state index is 4.72. The van der Waals surface area contributed by atoms with E-state index in [2.05, 4.69) is 48.1 Å². The van der Waals surface area contributed by atoms with E-state index in [-0.39, 0.29) is 0 Å². The summed E-state index contributed by atoms with van der Waals surface area (Å²) in [5, 5.41) is 7.53. The summed E-state index contributed by atoms with van der Waals surface area (Å²) < 4.78 is 0. The fourth-order valence-corrected chi connectivity index (χ4v) is 3.58. The van der Waals surface area contributed by atoms with Crippen LogP contribution in [0, 0.1) is 0 Å². The zero-order chi connectivity index (χ0) is 14.6. The van der Waals surface area contributed by atoms with Crippen molar-refractivity contribution in [3.63, 3.8) is 0 Å². The Kier molecular flexibility index (Phi) is 9.93. The van der Waals surface area contributed by atoms with Gasteiger partial charge in [0, 0.05) is 24.9 Å². The van der Waals surface area contributed by atoms with Gasteiger partial charge in [0.15, 0.2) is 5.96 Å². The van der Waals surface area contributed by atoms with E-state index in [0.717, 1.165) is 43.9 Å². The Morgan fingerprint density at radius 3 is 2.70 bits per heavy atom. The summed E-state index contributed by atoms with van der Waals surface area (Å²) in [6.45, 7) is 12.8. The van der Waals surface area contributed by atoms with Crippen LogP contribution in [-0.4, -0.2) is 61.1 Å². The Morgan fingerprint density at radius 1 is 1.25 bits per heavy atom. The minimum Gasteiger partial charge on any atom is -0.357 e. The van der Waals surface area contributed by atoms with E-state index in [0.29, 0.717) is 0 Å². The molecule has 1 fully saturated rings. The molecule has 1 heterocycles. The van der Waals surface area contributed by atoms with Gasteiger partial charge in [0.1, 0.15) is 0 Å². The molecular weight excluding hydrogens is 268 g/mol. The molecule has 4 nitrogen and oxygen atoms in total. The molecule has 0 saturated carbocycles.